The zero-order valence-electron chi connectivity index (χ0n) is 13.2. The van der Waals surface area contributed by atoms with Crippen LogP contribution in [0, 0.1) is 0 Å². The Hall–Kier alpha value is -0.860. The molecule has 21 heavy (non-hydrogen) atoms. The molecule has 1 fully saturated rings. The summed E-state index contributed by atoms with van der Waals surface area (Å²) >= 11 is 0. The molecule has 116 valence electrons. The van der Waals surface area contributed by atoms with E-state index in [1.165, 1.54) is 62.5 Å². The molecule has 1 aromatic rings. The van der Waals surface area contributed by atoms with Crippen LogP contribution in [-0.4, -0.2) is 19.2 Å². The molecule has 1 saturated carbocycles. The molecule has 2 nitrogen and oxygen atoms in total. The van der Waals surface area contributed by atoms with E-state index in [0.717, 1.165) is 25.6 Å². The number of fused-ring (bicyclic) bond motifs is 1. The summed E-state index contributed by atoms with van der Waals surface area (Å²) in [6.07, 6.45) is 12.1. The predicted molar refractivity (Wildman–Crippen MR) is 87.6 cm³/mol. The number of rotatable bonds is 6. The summed E-state index contributed by atoms with van der Waals surface area (Å²) in [6.45, 7) is 2.00. The van der Waals surface area contributed by atoms with Crippen molar-refractivity contribution in [2.45, 2.75) is 69.9 Å². The van der Waals surface area contributed by atoms with Gasteiger partial charge in [0.2, 0.25) is 0 Å². The van der Waals surface area contributed by atoms with E-state index in [0.29, 0.717) is 6.10 Å². The minimum Gasteiger partial charge on any atom is -0.373 e. The van der Waals surface area contributed by atoms with Crippen molar-refractivity contribution in [3.63, 3.8) is 0 Å². The smallest absolute Gasteiger partial charge is 0.0827 e. The van der Waals surface area contributed by atoms with E-state index in [1.807, 2.05) is 0 Å². The van der Waals surface area contributed by atoms with Gasteiger partial charge in [0.1, 0.15) is 0 Å². The fourth-order valence-electron chi connectivity index (χ4n) is 3.79. The Morgan fingerprint density at radius 3 is 2.76 bits per heavy atom. The van der Waals surface area contributed by atoms with Crippen molar-refractivity contribution >= 4 is 0 Å². The third-order valence-corrected chi connectivity index (χ3v) is 4.99. The first-order chi connectivity index (χ1) is 10.4. The largest absolute Gasteiger partial charge is 0.373 e. The Morgan fingerprint density at radius 1 is 1.00 bits per heavy atom. The van der Waals surface area contributed by atoms with Gasteiger partial charge in [0.25, 0.3) is 0 Å². The molecule has 0 amide bonds. The maximum atomic E-state index is 6.16. The van der Waals surface area contributed by atoms with Gasteiger partial charge in [0, 0.05) is 12.6 Å². The third-order valence-electron chi connectivity index (χ3n) is 4.99. The summed E-state index contributed by atoms with van der Waals surface area (Å²) in [6, 6.07) is 9.57. The first-order valence-corrected chi connectivity index (χ1v) is 8.86. The third kappa shape index (κ3) is 4.31. The van der Waals surface area contributed by atoms with Crippen molar-refractivity contribution in [1.29, 1.82) is 0 Å². The Kier molecular flexibility index (Phi) is 5.70. The van der Waals surface area contributed by atoms with E-state index in [4.69, 9.17) is 4.74 Å². The zero-order chi connectivity index (χ0) is 14.3. The Labute approximate surface area is 129 Å². The molecule has 0 spiro atoms. The molecule has 0 aliphatic heterocycles. The van der Waals surface area contributed by atoms with Crippen LogP contribution in [0.3, 0.4) is 0 Å². The van der Waals surface area contributed by atoms with Crippen LogP contribution >= 0.6 is 0 Å². The molecular formula is C19H29NO. The lowest BCUT2D eigenvalue weighted by atomic mass is 9.89. The minimum absolute atomic E-state index is 0.338. The van der Waals surface area contributed by atoms with Gasteiger partial charge in [-0.15, -0.1) is 0 Å². The van der Waals surface area contributed by atoms with Crippen LogP contribution in [0.4, 0.5) is 0 Å². The molecule has 2 aliphatic rings. The van der Waals surface area contributed by atoms with Crippen LogP contribution < -0.4 is 5.32 Å². The van der Waals surface area contributed by atoms with E-state index < -0.39 is 0 Å². The van der Waals surface area contributed by atoms with Crippen molar-refractivity contribution in [2.75, 3.05) is 13.2 Å². The molecule has 1 unspecified atom stereocenters. The van der Waals surface area contributed by atoms with Crippen LogP contribution in [0.5, 0.6) is 0 Å². The van der Waals surface area contributed by atoms with E-state index >= 15 is 0 Å². The van der Waals surface area contributed by atoms with Gasteiger partial charge >= 0.3 is 0 Å². The summed E-state index contributed by atoms with van der Waals surface area (Å²) < 4.78 is 6.16. The van der Waals surface area contributed by atoms with E-state index in [2.05, 4.69) is 29.6 Å². The molecule has 2 aliphatic carbocycles. The molecule has 1 N–H and O–H groups in total. The Morgan fingerprint density at radius 2 is 1.86 bits per heavy atom. The van der Waals surface area contributed by atoms with Crippen LogP contribution in [0.1, 0.15) is 68.6 Å². The molecule has 1 aromatic carbocycles. The maximum absolute atomic E-state index is 6.16. The highest BCUT2D eigenvalue weighted by Gasteiger charge is 2.20. The monoisotopic (exact) mass is 287 g/mol. The lowest BCUT2D eigenvalue weighted by Crippen LogP contribution is -2.32. The Bertz CT molecular complexity index is 425. The first kappa shape index (κ1) is 15.1. The summed E-state index contributed by atoms with van der Waals surface area (Å²) in [5, 5.41) is 3.70. The normalized spacial score (nSPS) is 23.0. The highest BCUT2D eigenvalue weighted by molar-refractivity contribution is 5.31. The predicted octanol–water partition coefficient (Wildman–Crippen LogP) is 4.39. The fraction of sp³-hybridized carbons (Fsp3) is 0.684. The van der Waals surface area contributed by atoms with Crippen molar-refractivity contribution in [3.05, 3.63) is 35.4 Å². The van der Waals surface area contributed by atoms with E-state index in [-0.39, 0.29) is 0 Å². The zero-order valence-corrected chi connectivity index (χ0v) is 13.2. The second kappa shape index (κ2) is 7.95. The lowest BCUT2D eigenvalue weighted by molar-refractivity contribution is 0.0390. The summed E-state index contributed by atoms with van der Waals surface area (Å²) in [5.74, 6) is 0. The van der Waals surface area contributed by atoms with Crippen molar-refractivity contribution in [1.82, 2.24) is 5.32 Å². The quantitative estimate of drug-likeness (QED) is 0.783. The van der Waals surface area contributed by atoms with Crippen LogP contribution in [0.2, 0.25) is 0 Å². The molecule has 1 atom stereocenters. The second-order valence-corrected chi connectivity index (χ2v) is 6.59. The van der Waals surface area contributed by atoms with Gasteiger partial charge in [-0.3, -0.25) is 0 Å². The highest BCUT2D eigenvalue weighted by atomic mass is 16.5. The topological polar surface area (TPSA) is 21.3 Å². The number of nitrogens with one attached hydrogen (secondary N) is 1. The first-order valence-electron chi connectivity index (χ1n) is 8.86. The van der Waals surface area contributed by atoms with Gasteiger partial charge in [-0.25, -0.2) is 0 Å². The van der Waals surface area contributed by atoms with Gasteiger partial charge in [-0.2, -0.15) is 0 Å². The van der Waals surface area contributed by atoms with E-state index in [9.17, 15) is 0 Å². The van der Waals surface area contributed by atoms with Crippen LogP contribution in [0.25, 0.3) is 0 Å². The number of benzene rings is 1. The van der Waals surface area contributed by atoms with Gasteiger partial charge in [0.05, 0.1) is 6.10 Å². The van der Waals surface area contributed by atoms with Gasteiger partial charge in [-0.05, 0) is 56.2 Å². The average molecular weight is 287 g/mol. The molecule has 0 bridgehead atoms. The summed E-state index contributed by atoms with van der Waals surface area (Å²) in [5.41, 5.74) is 2.93. The van der Waals surface area contributed by atoms with Crippen molar-refractivity contribution in [3.8, 4) is 0 Å². The molecule has 3 rings (SSSR count). The molecule has 0 aromatic heterocycles. The standard InChI is InChI=1S/C19H29NO/c1-2-10-17(11-3-1)20-14-7-15-21-19-13-6-9-16-8-4-5-12-18(16)19/h4-5,8,12,17,19-20H,1-3,6-7,9-11,13-15H2. The molecule has 0 radical (unpaired) electrons. The maximum Gasteiger partial charge on any atom is 0.0827 e. The SMILES string of the molecule is c1ccc2c(c1)CCCC2OCCCNC1CCCCC1. The van der Waals surface area contributed by atoms with Gasteiger partial charge < -0.3 is 10.1 Å². The van der Waals surface area contributed by atoms with Gasteiger partial charge in [0.15, 0.2) is 0 Å². The fourth-order valence-corrected chi connectivity index (χ4v) is 3.79. The molecule has 0 saturated heterocycles. The molecular weight excluding hydrogens is 258 g/mol. The highest BCUT2D eigenvalue weighted by Crippen LogP contribution is 2.32. The van der Waals surface area contributed by atoms with Crippen molar-refractivity contribution in [2.24, 2.45) is 0 Å². The number of hydrogen-bond acceptors (Lipinski definition) is 2. The summed E-state index contributed by atoms with van der Waals surface area (Å²) in [4.78, 5) is 0. The minimum atomic E-state index is 0.338. The van der Waals surface area contributed by atoms with Crippen molar-refractivity contribution < 1.29 is 4.74 Å². The second-order valence-electron chi connectivity index (χ2n) is 6.59. The van der Waals surface area contributed by atoms with Crippen LogP contribution in [-0.2, 0) is 11.2 Å². The van der Waals surface area contributed by atoms with Gasteiger partial charge in [-0.1, -0.05) is 43.5 Å². The number of aryl methyl sites for hydroxylation is 1. The lowest BCUT2D eigenvalue weighted by Gasteiger charge is -2.26. The Balaban J connectivity index is 1.36. The summed E-state index contributed by atoms with van der Waals surface area (Å²) in [7, 11) is 0. The molecule has 2 heteroatoms. The molecule has 0 heterocycles. The average Bonchev–Trinajstić information content (AvgIpc) is 2.56. The van der Waals surface area contributed by atoms with E-state index in [1.54, 1.807) is 0 Å². The number of ether oxygens (including phenoxy) is 1. The number of hydrogen-bond donors (Lipinski definition) is 1. The van der Waals surface area contributed by atoms with Crippen LogP contribution in [0.15, 0.2) is 24.3 Å².